The lowest BCUT2D eigenvalue weighted by molar-refractivity contribution is -0.136. The summed E-state index contributed by atoms with van der Waals surface area (Å²) >= 11 is 0. The number of morpholine rings is 1. The fourth-order valence-corrected chi connectivity index (χ4v) is 3.20. The Morgan fingerprint density at radius 3 is 3.04 bits per heavy atom. The molecule has 1 atom stereocenters. The van der Waals surface area contributed by atoms with E-state index in [-0.39, 0.29) is 5.91 Å². The van der Waals surface area contributed by atoms with Crippen LogP contribution in [0.3, 0.4) is 0 Å². The van der Waals surface area contributed by atoms with Crippen LogP contribution in [0.4, 0.5) is 5.82 Å². The van der Waals surface area contributed by atoms with Crippen LogP contribution in [0.1, 0.15) is 12.0 Å². The van der Waals surface area contributed by atoms with E-state index in [9.17, 15) is 4.79 Å². The zero-order valence-electron chi connectivity index (χ0n) is 13.8. The van der Waals surface area contributed by atoms with E-state index < -0.39 is 0 Å². The maximum Gasteiger partial charge on any atom is 0.236 e. The highest BCUT2D eigenvalue weighted by molar-refractivity contribution is 5.78. The second-order valence-corrected chi connectivity index (χ2v) is 6.28. The smallest absolute Gasteiger partial charge is 0.236 e. The predicted octanol–water partition coefficient (Wildman–Crippen LogP) is 0.546. The topological polar surface area (TPSA) is 81.5 Å². The minimum Gasteiger partial charge on any atom is -0.378 e. The van der Waals surface area contributed by atoms with Crippen molar-refractivity contribution in [3.05, 3.63) is 23.9 Å². The van der Waals surface area contributed by atoms with Gasteiger partial charge in [-0.05, 0) is 31.0 Å². The minimum atomic E-state index is 0.198. The van der Waals surface area contributed by atoms with Gasteiger partial charge in [0.1, 0.15) is 11.9 Å². The van der Waals surface area contributed by atoms with Crippen LogP contribution in [0.5, 0.6) is 0 Å². The summed E-state index contributed by atoms with van der Waals surface area (Å²) in [5, 5.41) is 12.4. The van der Waals surface area contributed by atoms with Crippen molar-refractivity contribution >= 4 is 11.7 Å². The minimum absolute atomic E-state index is 0.198. The second kappa shape index (κ2) is 8.08. The highest BCUT2D eigenvalue weighted by atomic mass is 16.5. The zero-order chi connectivity index (χ0) is 16.8. The summed E-state index contributed by atoms with van der Waals surface area (Å²) in [6.45, 7) is 5.79. The molecule has 0 unspecified atom stereocenters. The van der Waals surface area contributed by atoms with Gasteiger partial charge in [0.15, 0.2) is 0 Å². The molecule has 1 aromatic rings. The number of hydrogen-bond acceptors (Lipinski definition) is 6. The number of aromatic nitrogens is 1. The SMILES string of the molecule is N#Cc1cccnc1NC[C@@H]1CCN(CC(=O)N2CCOCC2)C1. The van der Waals surface area contributed by atoms with Crippen molar-refractivity contribution in [2.75, 3.05) is 57.8 Å². The molecule has 3 rings (SSSR count). The lowest BCUT2D eigenvalue weighted by atomic mass is 10.1. The molecule has 0 saturated carbocycles. The summed E-state index contributed by atoms with van der Waals surface area (Å²) in [6.07, 6.45) is 2.74. The van der Waals surface area contributed by atoms with Gasteiger partial charge in [0, 0.05) is 32.4 Å². The first-order valence-electron chi connectivity index (χ1n) is 8.43. The maximum absolute atomic E-state index is 12.3. The standard InChI is InChI=1S/C17H23N5O2/c18-10-15-2-1-4-19-17(15)20-11-14-3-5-21(12-14)13-16(23)22-6-8-24-9-7-22/h1-2,4,14H,3,5-9,11-13H2,(H,19,20)/t14-/m0/s1. The lowest BCUT2D eigenvalue weighted by Gasteiger charge is -2.28. The third-order valence-corrected chi connectivity index (χ3v) is 4.58. The molecule has 0 spiro atoms. The Labute approximate surface area is 142 Å². The summed E-state index contributed by atoms with van der Waals surface area (Å²) in [4.78, 5) is 20.6. The zero-order valence-corrected chi connectivity index (χ0v) is 13.8. The van der Waals surface area contributed by atoms with E-state index >= 15 is 0 Å². The predicted molar refractivity (Wildman–Crippen MR) is 89.4 cm³/mol. The van der Waals surface area contributed by atoms with Crippen LogP contribution in [0, 0.1) is 17.2 Å². The lowest BCUT2D eigenvalue weighted by Crippen LogP contribution is -2.45. The molecule has 24 heavy (non-hydrogen) atoms. The Balaban J connectivity index is 1.44. The number of likely N-dealkylation sites (tertiary alicyclic amines) is 1. The molecule has 1 amide bonds. The molecule has 3 heterocycles. The van der Waals surface area contributed by atoms with Crippen LogP contribution < -0.4 is 5.32 Å². The van der Waals surface area contributed by atoms with Crippen LogP contribution in [-0.2, 0) is 9.53 Å². The number of nitrogens with one attached hydrogen (secondary N) is 1. The Kier molecular flexibility index (Phi) is 5.62. The molecule has 2 aliphatic heterocycles. The van der Waals surface area contributed by atoms with Crippen molar-refractivity contribution in [1.29, 1.82) is 5.26 Å². The van der Waals surface area contributed by atoms with E-state index in [1.54, 1.807) is 18.3 Å². The van der Waals surface area contributed by atoms with Crippen LogP contribution in [0.2, 0.25) is 0 Å². The number of hydrogen-bond donors (Lipinski definition) is 1. The second-order valence-electron chi connectivity index (χ2n) is 6.28. The quantitative estimate of drug-likeness (QED) is 0.849. The first-order valence-corrected chi connectivity index (χ1v) is 8.43. The number of anilines is 1. The van der Waals surface area contributed by atoms with Crippen LogP contribution in [0.25, 0.3) is 0 Å². The van der Waals surface area contributed by atoms with E-state index in [0.717, 1.165) is 26.1 Å². The van der Waals surface area contributed by atoms with Crippen molar-refractivity contribution in [3.8, 4) is 6.07 Å². The van der Waals surface area contributed by atoms with Gasteiger partial charge in [0.05, 0.1) is 25.3 Å². The van der Waals surface area contributed by atoms with Gasteiger partial charge in [0.25, 0.3) is 0 Å². The van der Waals surface area contributed by atoms with Gasteiger partial charge in [-0.1, -0.05) is 0 Å². The summed E-state index contributed by atoms with van der Waals surface area (Å²) in [6, 6.07) is 5.67. The summed E-state index contributed by atoms with van der Waals surface area (Å²) in [5.41, 5.74) is 0.565. The van der Waals surface area contributed by atoms with Gasteiger partial charge in [-0.25, -0.2) is 4.98 Å². The fourth-order valence-electron chi connectivity index (χ4n) is 3.20. The number of pyridine rings is 1. The number of ether oxygens (including phenoxy) is 1. The van der Waals surface area contributed by atoms with E-state index in [0.29, 0.717) is 50.1 Å². The summed E-state index contributed by atoms with van der Waals surface area (Å²) in [7, 11) is 0. The van der Waals surface area contributed by atoms with Crippen LogP contribution in [-0.4, -0.2) is 73.2 Å². The normalized spacial score (nSPS) is 21.5. The molecule has 1 aromatic heterocycles. The maximum atomic E-state index is 12.3. The molecule has 7 nitrogen and oxygen atoms in total. The molecule has 1 N–H and O–H groups in total. The fraction of sp³-hybridized carbons (Fsp3) is 0.588. The molecule has 2 fully saturated rings. The van der Waals surface area contributed by atoms with Crippen molar-refractivity contribution < 1.29 is 9.53 Å². The molecule has 2 aliphatic rings. The largest absolute Gasteiger partial charge is 0.378 e. The Morgan fingerprint density at radius 1 is 1.42 bits per heavy atom. The molecular formula is C17H23N5O2. The highest BCUT2D eigenvalue weighted by Crippen LogP contribution is 2.18. The van der Waals surface area contributed by atoms with E-state index in [1.807, 2.05) is 4.90 Å². The van der Waals surface area contributed by atoms with Crippen molar-refractivity contribution in [2.45, 2.75) is 6.42 Å². The molecule has 128 valence electrons. The van der Waals surface area contributed by atoms with Crippen molar-refractivity contribution in [3.63, 3.8) is 0 Å². The first-order chi connectivity index (χ1) is 11.8. The molecule has 0 bridgehead atoms. The average Bonchev–Trinajstić information content (AvgIpc) is 3.08. The van der Waals surface area contributed by atoms with E-state index in [1.165, 1.54) is 0 Å². The number of rotatable bonds is 5. The van der Waals surface area contributed by atoms with Gasteiger partial charge < -0.3 is 15.0 Å². The molecule has 7 heteroatoms. The molecule has 0 aliphatic carbocycles. The third kappa shape index (κ3) is 4.22. The highest BCUT2D eigenvalue weighted by Gasteiger charge is 2.26. The van der Waals surface area contributed by atoms with Crippen LogP contribution in [0.15, 0.2) is 18.3 Å². The number of amides is 1. The Bertz CT molecular complexity index is 609. The van der Waals surface area contributed by atoms with Gasteiger partial charge in [-0.2, -0.15) is 5.26 Å². The van der Waals surface area contributed by atoms with E-state index in [2.05, 4.69) is 21.3 Å². The Morgan fingerprint density at radius 2 is 2.25 bits per heavy atom. The average molecular weight is 329 g/mol. The van der Waals surface area contributed by atoms with Crippen LogP contribution >= 0.6 is 0 Å². The summed E-state index contributed by atoms with van der Waals surface area (Å²) < 4.78 is 5.29. The Hall–Kier alpha value is -2.17. The molecule has 0 radical (unpaired) electrons. The first kappa shape index (κ1) is 16.7. The van der Waals surface area contributed by atoms with E-state index in [4.69, 9.17) is 10.00 Å². The number of nitrogens with zero attached hydrogens (tertiary/aromatic N) is 4. The monoisotopic (exact) mass is 329 g/mol. The van der Waals surface area contributed by atoms with Gasteiger partial charge in [-0.3, -0.25) is 9.69 Å². The van der Waals surface area contributed by atoms with Crippen molar-refractivity contribution in [2.24, 2.45) is 5.92 Å². The van der Waals surface area contributed by atoms with Gasteiger partial charge >= 0.3 is 0 Å². The third-order valence-electron chi connectivity index (χ3n) is 4.58. The number of carbonyl (C=O) groups is 1. The molecule has 2 saturated heterocycles. The van der Waals surface area contributed by atoms with Gasteiger partial charge in [-0.15, -0.1) is 0 Å². The van der Waals surface area contributed by atoms with Gasteiger partial charge in [0.2, 0.25) is 5.91 Å². The summed E-state index contributed by atoms with van der Waals surface area (Å²) in [5.74, 6) is 1.31. The number of carbonyl (C=O) groups excluding carboxylic acids is 1. The number of nitriles is 1. The van der Waals surface area contributed by atoms with Crippen molar-refractivity contribution in [1.82, 2.24) is 14.8 Å². The molecule has 0 aromatic carbocycles. The molecular weight excluding hydrogens is 306 g/mol.